The summed E-state index contributed by atoms with van der Waals surface area (Å²) in [6.07, 6.45) is 0.780. The minimum absolute atomic E-state index is 0.0668. The molecular formula is C33H31N3O3S. The van der Waals surface area contributed by atoms with Crippen LogP contribution < -0.4 is 10.1 Å². The molecule has 6 nitrogen and oxygen atoms in total. The third-order valence-electron chi connectivity index (χ3n) is 6.79. The van der Waals surface area contributed by atoms with Crippen LogP contribution in [-0.4, -0.2) is 40.8 Å². The molecule has 5 rings (SSSR count). The molecule has 40 heavy (non-hydrogen) atoms. The van der Waals surface area contributed by atoms with Crippen LogP contribution >= 0.6 is 11.8 Å². The summed E-state index contributed by atoms with van der Waals surface area (Å²) in [7, 11) is 1.62. The van der Waals surface area contributed by atoms with Gasteiger partial charge in [-0.25, -0.2) is 4.99 Å². The van der Waals surface area contributed by atoms with Crippen molar-refractivity contribution in [2.24, 2.45) is 4.99 Å². The Morgan fingerprint density at radius 1 is 0.875 bits per heavy atom. The van der Waals surface area contributed by atoms with Crippen LogP contribution in [0.15, 0.2) is 120 Å². The highest BCUT2D eigenvalue weighted by Crippen LogP contribution is 2.35. The third kappa shape index (κ3) is 6.79. The number of amidine groups is 1. The molecule has 7 heteroatoms. The van der Waals surface area contributed by atoms with Crippen LogP contribution in [0.3, 0.4) is 0 Å². The maximum Gasteiger partial charge on any atom is 0.242 e. The number of para-hydroxylation sites is 1. The first-order chi connectivity index (χ1) is 19.6. The van der Waals surface area contributed by atoms with Gasteiger partial charge in [0.15, 0.2) is 5.17 Å². The SMILES string of the molecule is COc1ccc(N=C2S[C@@H](CC(=O)Nc3ccccc3)C(=O)N2CCC(c2ccccc2)c2ccccc2)cc1. The number of hydrogen-bond acceptors (Lipinski definition) is 5. The Balaban J connectivity index is 1.38. The Morgan fingerprint density at radius 2 is 1.45 bits per heavy atom. The van der Waals surface area contributed by atoms with E-state index in [1.54, 1.807) is 12.0 Å². The highest BCUT2D eigenvalue weighted by Gasteiger charge is 2.39. The maximum absolute atomic E-state index is 13.7. The predicted octanol–water partition coefficient (Wildman–Crippen LogP) is 6.88. The molecule has 0 bridgehead atoms. The number of nitrogens with zero attached hydrogens (tertiary/aromatic N) is 2. The van der Waals surface area contributed by atoms with Gasteiger partial charge in [-0.3, -0.25) is 14.5 Å². The fraction of sp³-hybridized carbons (Fsp3) is 0.182. The van der Waals surface area contributed by atoms with E-state index in [2.05, 4.69) is 29.6 Å². The van der Waals surface area contributed by atoms with Gasteiger partial charge in [0.05, 0.1) is 12.8 Å². The van der Waals surface area contributed by atoms with Crippen molar-refractivity contribution in [2.45, 2.75) is 24.0 Å². The van der Waals surface area contributed by atoms with Crippen molar-refractivity contribution in [3.05, 3.63) is 126 Å². The normalized spacial score (nSPS) is 15.9. The monoisotopic (exact) mass is 549 g/mol. The van der Waals surface area contributed by atoms with Gasteiger partial charge >= 0.3 is 0 Å². The van der Waals surface area contributed by atoms with E-state index >= 15 is 0 Å². The van der Waals surface area contributed by atoms with Gasteiger partial charge in [0.2, 0.25) is 11.8 Å². The number of benzene rings is 4. The summed E-state index contributed by atoms with van der Waals surface area (Å²) in [5.74, 6) is 0.553. The lowest BCUT2D eigenvalue weighted by molar-refractivity contribution is -0.128. The third-order valence-corrected chi connectivity index (χ3v) is 7.97. The Labute approximate surface area is 239 Å². The summed E-state index contributed by atoms with van der Waals surface area (Å²) < 4.78 is 5.27. The highest BCUT2D eigenvalue weighted by molar-refractivity contribution is 8.15. The van der Waals surface area contributed by atoms with Crippen LogP contribution in [0.4, 0.5) is 11.4 Å². The number of ether oxygens (including phenoxy) is 1. The van der Waals surface area contributed by atoms with Crippen LogP contribution in [0.25, 0.3) is 0 Å². The van der Waals surface area contributed by atoms with Crippen molar-refractivity contribution in [1.82, 2.24) is 4.90 Å². The summed E-state index contributed by atoms with van der Waals surface area (Å²) >= 11 is 1.35. The van der Waals surface area contributed by atoms with Gasteiger partial charge < -0.3 is 10.1 Å². The standard InChI is InChI=1S/C33H31N3O3S/c1-39-28-19-17-27(18-20-28)35-33-36(32(38)30(40-33)23-31(37)34-26-15-9-4-10-16-26)22-21-29(24-11-5-2-6-12-24)25-13-7-3-8-14-25/h2-20,29-30H,21-23H2,1H3,(H,34,37)/t30-/m0/s1. The number of methoxy groups -OCH3 is 1. The van der Waals surface area contributed by atoms with Crippen LogP contribution in [0, 0.1) is 0 Å². The molecule has 1 saturated heterocycles. The zero-order chi connectivity index (χ0) is 27.7. The number of rotatable bonds is 10. The van der Waals surface area contributed by atoms with Crippen molar-refractivity contribution >= 4 is 40.1 Å². The van der Waals surface area contributed by atoms with E-state index in [0.717, 1.165) is 11.4 Å². The molecule has 0 saturated carbocycles. The molecule has 1 fully saturated rings. The molecule has 0 spiro atoms. The molecule has 0 aliphatic carbocycles. The minimum atomic E-state index is -0.549. The fourth-order valence-electron chi connectivity index (χ4n) is 4.75. The molecule has 0 radical (unpaired) electrons. The Morgan fingerprint density at radius 3 is 2.02 bits per heavy atom. The van der Waals surface area contributed by atoms with Crippen LogP contribution in [-0.2, 0) is 9.59 Å². The van der Waals surface area contributed by atoms with E-state index in [4.69, 9.17) is 9.73 Å². The van der Waals surface area contributed by atoms with Crippen molar-refractivity contribution in [1.29, 1.82) is 0 Å². The smallest absolute Gasteiger partial charge is 0.242 e. The second kappa shape index (κ2) is 13.1. The molecular weight excluding hydrogens is 518 g/mol. The van der Waals surface area contributed by atoms with E-state index in [1.807, 2.05) is 91.0 Å². The maximum atomic E-state index is 13.7. The first-order valence-electron chi connectivity index (χ1n) is 13.3. The lowest BCUT2D eigenvalue weighted by Gasteiger charge is -2.22. The summed E-state index contributed by atoms with van der Waals surface area (Å²) in [4.78, 5) is 33.1. The lowest BCUT2D eigenvalue weighted by atomic mass is 9.88. The van der Waals surface area contributed by atoms with Gasteiger partial charge in [0, 0.05) is 24.6 Å². The zero-order valence-corrected chi connectivity index (χ0v) is 23.1. The molecule has 4 aromatic rings. The molecule has 202 valence electrons. The van der Waals surface area contributed by atoms with E-state index in [-0.39, 0.29) is 24.2 Å². The van der Waals surface area contributed by atoms with Gasteiger partial charge in [-0.1, -0.05) is 90.6 Å². The molecule has 1 atom stereocenters. The van der Waals surface area contributed by atoms with Gasteiger partial charge in [-0.05, 0) is 53.9 Å². The molecule has 0 unspecified atom stereocenters. The van der Waals surface area contributed by atoms with E-state index < -0.39 is 5.25 Å². The second-order valence-corrected chi connectivity index (χ2v) is 10.6. The number of amides is 2. The van der Waals surface area contributed by atoms with Crippen molar-refractivity contribution in [3.8, 4) is 5.75 Å². The Kier molecular flexibility index (Phi) is 8.93. The van der Waals surface area contributed by atoms with Gasteiger partial charge in [0.1, 0.15) is 11.0 Å². The number of aliphatic imine (C=N–C) groups is 1. The fourth-order valence-corrected chi connectivity index (χ4v) is 5.94. The van der Waals surface area contributed by atoms with Crippen molar-refractivity contribution in [3.63, 3.8) is 0 Å². The zero-order valence-electron chi connectivity index (χ0n) is 22.3. The van der Waals surface area contributed by atoms with E-state index in [9.17, 15) is 9.59 Å². The summed E-state index contributed by atoms with van der Waals surface area (Å²) in [6.45, 7) is 0.478. The number of nitrogens with one attached hydrogen (secondary N) is 1. The van der Waals surface area contributed by atoms with Crippen LogP contribution in [0.2, 0.25) is 0 Å². The largest absolute Gasteiger partial charge is 0.497 e. The van der Waals surface area contributed by atoms with Crippen molar-refractivity contribution in [2.75, 3.05) is 19.0 Å². The number of thioether (sulfide) groups is 1. The summed E-state index contributed by atoms with van der Waals surface area (Å²) in [5.41, 5.74) is 3.82. The first-order valence-corrected chi connectivity index (χ1v) is 14.1. The number of hydrogen-bond donors (Lipinski definition) is 1. The predicted molar refractivity (Wildman–Crippen MR) is 162 cm³/mol. The number of carbonyl (C=O) groups is 2. The lowest BCUT2D eigenvalue weighted by Crippen LogP contribution is -2.35. The van der Waals surface area contributed by atoms with Crippen LogP contribution in [0.5, 0.6) is 5.75 Å². The topological polar surface area (TPSA) is 71.0 Å². The van der Waals surface area contributed by atoms with Gasteiger partial charge in [-0.2, -0.15) is 0 Å². The molecule has 2 amide bonds. The summed E-state index contributed by atoms with van der Waals surface area (Å²) in [5, 5.41) is 2.95. The van der Waals surface area contributed by atoms with E-state index in [1.165, 1.54) is 22.9 Å². The Hall–Kier alpha value is -4.36. The second-order valence-electron chi connectivity index (χ2n) is 9.47. The Bertz CT molecular complexity index is 1410. The minimum Gasteiger partial charge on any atom is -0.497 e. The molecule has 0 aromatic heterocycles. The average molecular weight is 550 g/mol. The molecule has 1 aliphatic rings. The molecule has 1 heterocycles. The molecule has 1 N–H and O–H groups in total. The number of anilines is 1. The number of carbonyl (C=O) groups excluding carboxylic acids is 2. The quantitative estimate of drug-likeness (QED) is 0.234. The van der Waals surface area contributed by atoms with E-state index in [0.29, 0.717) is 23.8 Å². The molecule has 4 aromatic carbocycles. The van der Waals surface area contributed by atoms with Gasteiger partial charge in [-0.15, -0.1) is 0 Å². The highest BCUT2D eigenvalue weighted by atomic mass is 32.2. The first kappa shape index (κ1) is 27.2. The van der Waals surface area contributed by atoms with Crippen LogP contribution in [0.1, 0.15) is 29.9 Å². The average Bonchev–Trinajstić information content (AvgIpc) is 3.28. The van der Waals surface area contributed by atoms with Crippen molar-refractivity contribution < 1.29 is 14.3 Å². The van der Waals surface area contributed by atoms with Gasteiger partial charge in [0.25, 0.3) is 0 Å². The molecule has 1 aliphatic heterocycles. The summed E-state index contributed by atoms with van der Waals surface area (Å²) in [6, 6.07) is 37.4.